The molecule has 0 aromatic carbocycles. The molecule has 0 atom stereocenters. The lowest BCUT2D eigenvalue weighted by Gasteiger charge is -2.05. The number of anilines is 1. The zero-order valence-corrected chi connectivity index (χ0v) is 6.67. The molecule has 1 aromatic rings. The van der Waals surface area contributed by atoms with Crippen LogP contribution < -0.4 is 11.1 Å². The fourth-order valence-electron chi connectivity index (χ4n) is 0.878. The lowest BCUT2D eigenvalue weighted by atomic mass is 10.3. The molecule has 0 amide bonds. The number of aromatic nitrogens is 1. The topological polar surface area (TPSA) is 50.9 Å². The Balaban J connectivity index is 2.62. The first-order chi connectivity index (χ1) is 5.34. The van der Waals surface area contributed by atoms with Gasteiger partial charge in [-0.15, -0.1) is 0 Å². The van der Waals surface area contributed by atoms with Crippen LogP contribution >= 0.6 is 0 Å². The van der Waals surface area contributed by atoms with E-state index in [-0.39, 0.29) is 0 Å². The van der Waals surface area contributed by atoms with Crippen LogP contribution in [0.15, 0.2) is 18.3 Å². The van der Waals surface area contributed by atoms with Gasteiger partial charge in [0.2, 0.25) is 0 Å². The first-order valence-electron chi connectivity index (χ1n) is 3.70. The SMILES string of the molecule is Cc1ncccc1NCCN. The second-order valence-electron chi connectivity index (χ2n) is 2.35. The van der Waals surface area contributed by atoms with Gasteiger partial charge in [-0.05, 0) is 19.1 Å². The van der Waals surface area contributed by atoms with E-state index in [1.807, 2.05) is 19.1 Å². The quantitative estimate of drug-likeness (QED) is 0.670. The number of hydrogen-bond donors (Lipinski definition) is 2. The van der Waals surface area contributed by atoms with E-state index in [4.69, 9.17) is 5.73 Å². The molecule has 3 nitrogen and oxygen atoms in total. The van der Waals surface area contributed by atoms with Crippen LogP contribution in [-0.4, -0.2) is 18.1 Å². The fourth-order valence-corrected chi connectivity index (χ4v) is 0.878. The molecule has 0 aliphatic heterocycles. The van der Waals surface area contributed by atoms with Crippen LogP contribution in [-0.2, 0) is 0 Å². The van der Waals surface area contributed by atoms with Gasteiger partial charge < -0.3 is 11.1 Å². The molecule has 0 radical (unpaired) electrons. The molecule has 11 heavy (non-hydrogen) atoms. The van der Waals surface area contributed by atoms with Crippen molar-refractivity contribution in [1.29, 1.82) is 0 Å². The minimum absolute atomic E-state index is 0.647. The van der Waals surface area contributed by atoms with E-state index in [0.717, 1.165) is 17.9 Å². The first kappa shape index (κ1) is 8.01. The molecular formula is C8H13N3. The van der Waals surface area contributed by atoms with Crippen LogP contribution in [0.4, 0.5) is 5.69 Å². The van der Waals surface area contributed by atoms with Crippen LogP contribution in [0, 0.1) is 6.92 Å². The number of nitrogens with one attached hydrogen (secondary N) is 1. The normalized spacial score (nSPS) is 9.64. The number of nitrogens with zero attached hydrogens (tertiary/aromatic N) is 1. The Kier molecular flexibility index (Phi) is 2.86. The summed E-state index contributed by atoms with van der Waals surface area (Å²) in [5, 5.41) is 3.18. The van der Waals surface area contributed by atoms with Crippen molar-refractivity contribution in [2.45, 2.75) is 6.92 Å². The summed E-state index contributed by atoms with van der Waals surface area (Å²) in [6.07, 6.45) is 1.78. The Labute approximate surface area is 66.6 Å². The number of rotatable bonds is 3. The van der Waals surface area contributed by atoms with Crippen molar-refractivity contribution in [3.63, 3.8) is 0 Å². The molecule has 0 unspecified atom stereocenters. The van der Waals surface area contributed by atoms with Crippen molar-refractivity contribution in [3.05, 3.63) is 24.0 Å². The van der Waals surface area contributed by atoms with Gasteiger partial charge in [-0.2, -0.15) is 0 Å². The third-order valence-electron chi connectivity index (χ3n) is 1.47. The summed E-state index contributed by atoms with van der Waals surface area (Å²) in [5.41, 5.74) is 7.43. The lowest BCUT2D eigenvalue weighted by Crippen LogP contribution is -2.13. The molecule has 3 heteroatoms. The Morgan fingerprint density at radius 1 is 1.64 bits per heavy atom. The predicted molar refractivity (Wildman–Crippen MR) is 46.5 cm³/mol. The van der Waals surface area contributed by atoms with Crippen LogP contribution in [0.25, 0.3) is 0 Å². The van der Waals surface area contributed by atoms with E-state index in [9.17, 15) is 0 Å². The van der Waals surface area contributed by atoms with Crippen molar-refractivity contribution in [2.75, 3.05) is 18.4 Å². The van der Waals surface area contributed by atoms with Crippen molar-refractivity contribution in [2.24, 2.45) is 5.73 Å². The minimum atomic E-state index is 0.647. The molecule has 1 rings (SSSR count). The van der Waals surface area contributed by atoms with Crippen LogP contribution in [0.5, 0.6) is 0 Å². The Bertz CT molecular complexity index is 222. The molecule has 0 aliphatic carbocycles. The maximum Gasteiger partial charge on any atom is 0.0603 e. The van der Waals surface area contributed by atoms with Crippen LogP contribution in [0.3, 0.4) is 0 Å². The predicted octanol–water partition coefficient (Wildman–Crippen LogP) is 0.761. The van der Waals surface area contributed by atoms with E-state index >= 15 is 0 Å². The van der Waals surface area contributed by atoms with Crippen molar-refractivity contribution in [3.8, 4) is 0 Å². The molecular weight excluding hydrogens is 138 g/mol. The maximum atomic E-state index is 5.34. The average Bonchev–Trinajstić information content (AvgIpc) is 2.03. The van der Waals surface area contributed by atoms with Gasteiger partial charge >= 0.3 is 0 Å². The smallest absolute Gasteiger partial charge is 0.0603 e. The Morgan fingerprint density at radius 3 is 3.09 bits per heavy atom. The van der Waals surface area contributed by atoms with Crippen molar-refractivity contribution < 1.29 is 0 Å². The van der Waals surface area contributed by atoms with Gasteiger partial charge in [0, 0.05) is 19.3 Å². The van der Waals surface area contributed by atoms with E-state index in [1.54, 1.807) is 6.20 Å². The second-order valence-corrected chi connectivity index (χ2v) is 2.35. The molecule has 60 valence electrons. The second kappa shape index (κ2) is 3.93. The van der Waals surface area contributed by atoms with E-state index < -0.39 is 0 Å². The summed E-state index contributed by atoms with van der Waals surface area (Å²) in [6, 6.07) is 3.91. The van der Waals surface area contributed by atoms with Crippen molar-refractivity contribution >= 4 is 5.69 Å². The maximum absolute atomic E-state index is 5.34. The zero-order chi connectivity index (χ0) is 8.10. The summed E-state index contributed by atoms with van der Waals surface area (Å²) >= 11 is 0. The van der Waals surface area contributed by atoms with E-state index in [2.05, 4.69) is 10.3 Å². The third kappa shape index (κ3) is 2.20. The highest BCUT2D eigenvalue weighted by atomic mass is 14.9. The molecule has 0 spiro atoms. The van der Waals surface area contributed by atoms with Gasteiger partial charge in [-0.25, -0.2) is 0 Å². The number of aryl methyl sites for hydroxylation is 1. The minimum Gasteiger partial charge on any atom is -0.382 e. The van der Waals surface area contributed by atoms with Gasteiger partial charge in [0.1, 0.15) is 0 Å². The van der Waals surface area contributed by atoms with Gasteiger partial charge in [-0.1, -0.05) is 0 Å². The molecule has 0 saturated heterocycles. The molecule has 1 heterocycles. The van der Waals surface area contributed by atoms with Crippen LogP contribution in [0.1, 0.15) is 5.69 Å². The standard InChI is InChI=1S/C8H13N3/c1-7-8(11-6-4-9)3-2-5-10-7/h2-3,5,11H,4,6,9H2,1H3. The summed E-state index contributed by atoms with van der Waals surface area (Å²) in [6.45, 7) is 3.42. The molecule has 0 aliphatic rings. The number of hydrogen-bond acceptors (Lipinski definition) is 3. The molecule has 1 aromatic heterocycles. The first-order valence-corrected chi connectivity index (χ1v) is 3.70. The van der Waals surface area contributed by atoms with Gasteiger partial charge in [0.25, 0.3) is 0 Å². The monoisotopic (exact) mass is 151 g/mol. The van der Waals surface area contributed by atoms with Crippen LogP contribution in [0.2, 0.25) is 0 Å². The lowest BCUT2D eigenvalue weighted by molar-refractivity contribution is 1.01. The number of nitrogens with two attached hydrogens (primary N) is 1. The van der Waals surface area contributed by atoms with E-state index in [0.29, 0.717) is 6.54 Å². The summed E-state index contributed by atoms with van der Waals surface area (Å²) in [7, 11) is 0. The zero-order valence-electron chi connectivity index (χ0n) is 6.67. The molecule has 0 bridgehead atoms. The summed E-state index contributed by atoms with van der Waals surface area (Å²) in [4.78, 5) is 4.13. The van der Waals surface area contributed by atoms with Gasteiger partial charge in [0.05, 0.1) is 11.4 Å². The summed E-state index contributed by atoms with van der Waals surface area (Å²) in [5.74, 6) is 0. The Hall–Kier alpha value is -1.09. The highest BCUT2D eigenvalue weighted by Gasteiger charge is 1.93. The largest absolute Gasteiger partial charge is 0.382 e. The van der Waals surface area contributed by atoms with Crippen molar-refractivity contribution in [1.82, 2.24) is 4.98 Å². The van der Waals surface area contributed by atoms with Gasteiger partial charge in [0.15, 0.2) is 0 Å². The molecule has 3 N–H and O–H groups in total. The fraction of sp³-hybridized carbons (Fsp3) is 0.375. The average molecular weight is 151 g/mol. The molecule has 0 saturated carbocycles. The number of pyridine rings is 1. The van der Waals surface area contributed by atoms with E-state index in [1.165, 1.54) is 0 Å². The third-order valence-corrected chi connectivity index (χ3v) is 1.47. The van der Waals surface area contributed by atoms with Gasteiger partial charge in [-0.3, -0.25) is 4.98 Å². The summed E-state index contributed by atoms with van der Waals surface area (Å²) < 4.78 is 0. The highest BCUT2D eigenvalue weighted by molar-refractivity contribution is 5.46. The Morgan fingerprint density at radius 2 is 2.45 bits per heavy atom. The highest BCUT2D eigenvalue weighted by Crippen LogP contribution is 2.08. The molecule has 0 fully saturated rings.